The Morgan fingerprint density at radius 3 is 2.64 bits per heavy atom. The number of fused-ring (bicyclic) bond motifs is 1. The lowest BCUT2D eigenvalue weighted by atomic mass is 9.97. The molecule has 1 fully saturated rings. The Morgan fingerprint density at radius 1 is 1.11 bits per heavy atom. The summed E-state index contributed by atoms with van der Waals surface area (Å²) in [5.41, 5.74) is 3.55. The minimum atomic E-state index is -0.849. The molecular weight excluding hydrogens is 454 g/mol. The van der Waals surface area contributed by atoms with Gasteiger partial charge in [-0.3, -0.25) is 19.5 Å². The summed E-state index contributed by atoms with van der Waals surface area (Å²) in [5.74, 6) is -0.939. The number of likely N-dealkylation sites (N-methyl/N-ethyl adjacent to an activating group) is 1. The van der Waals surface area contributed by atoms with E-state index in [1.807, 2.05) is 42.3 Å². The van der Waals surface area contributed by atoms with Gasteiger partial charge in [0.1, 0.15) is 24.2 Å². The number of hydrogen-bond acceptors (Lipinski definition) is 6. The van der Waals surface area contributed by atoms with Crippen LogP contribution in [0.5, 0.6) is 5.75 Å². The number of anilines is 2. The molecule has 1 atom stereocenters. The molecule has 1 aromatic heterocycles. The summed E-state index contributed by atoms with van der Waals surface area (Å²) < 4.78 is 5.71. The number of carbonyl (C=O) groups is 2. The van der Waals surface area contributed by atoms with Gasteiger partial charge in [-0.1, -0.05) is 31.5 Å². The molecule has 1 saturated heterocycles. The van der Waals surface area contributed by atoms with Crippen LogP contribution in [0.3, 0.4) is 0 Å². The molecule has 1 N–H and O–H groups in total. The van der Waals surface area contributed by atoms with Crippen LogP contribution in [0.1, 0.15) is 42.6 Å². The summed E-state index contributed by atoms with van der Waals surface area (Å²) in [5, 5.41) is 11.4. The molecule has 0 saturated carbocycles. The highest BCUT2D eigenvalue weighted by Gasteiger charge is 2.47. The van der Waals surface area contributed by atoms with Gasteiger partial charge in [-0.05, 0) is 60.9 Å². The highest BCUT2D eigenvalue weighted by atomic mass is 16.5. The number of aliphatic hydroxyl groups is 1. The van der Waals surface area contributed by atoms with Gasteiger partial charge in [0.2, 0.25) is 0 Å². The maximum absolute atomic E-state index is 13.4. The van der Waals surface area contributed by atoms with Crippen molar-refractivity contribution in [1.29, 1.82) is 0 Å². The van der Waals surface area contributed by atoms with Crippen LogP contribution in [0.15, 0.2) is 72.4 Å². The molecule has 0 radical (unpaired) electrons. The van der Waals surface area contributed by atoms with E-state index in [9.17, 15) is 14.7 Å². The number of amides is 1. The first-order valence-corrected chi connectivity index (χ1v) is 12.3. The molecule has 2 aliphatic heterocycles. The predicted molar refractivity (Wildman–Crippen MR) is 139 cm³/mol. The van der Waals surface area contributed by atoms with E-state index < -0.39 is 17.7 Å². The van der Waals surface area contributed by atoms with E-state index in [0.717, 1.165) is 24.9 Å². The molecule has 0 spiro atoms. The second-order valence-electron chi connectivity index (χ2n) is 9.15. The third-order valence-electron chi connectivity index (χ3n) is 6.77. The van der Waals surface area contributed by atoms with Crippen LogP contribution >= 0.6 is 0 Å². The van der Waals surface area contributed by atoms with Crippen LogP contribution in [0.2, 0.25) is 0 Å². The number of aryl methyl sites for hydroxylation is 1. The van der Waals surface area contributed by atoms with E-state index in [2.05, 4.69) is 11.9 Å². The van der Waals surface area contributed by atoms with Crippen LogP contribution in [-0.2, 0) is 16.0 Å². The van der Waals surface area contributed by atoms with Crippen molar-refractivity contribution in [2.45, 2.75) is 32.2 Å². The van der Waals surface area contributed by atoms with Crippen LogP contribution in [0, 0.1) is 0 Å². The number of benzene rings is 2. The molecule has 7 nitrogen and oxygen atoms in total. The van der Waals surface area contributed by atoms with Crippen LogP contribution in [-0.4, -0.2) is 42.0 Å². The zero-order valence-electron chi connectivity index (χ0n) is 20.5. The van der Waals surface area contributed by atoms with Crippen molar-refractivity contribution in [3.63, 3.8) is 0 Å². The number of carbonyl (C=O) groups excluding carboxylic acids is 2. The summed E-state index contributed by atoms with van der Waals surface area (Å²) >= 11 is 0. The van der Waals surface area contributed by atoms with Crippen LogP contribution in [0.4, 0.5) is 11.4 Å². The molecule has 0 bridgehead atoms. The minimum Gasteiger partial charge on any atom is -0.507 e. The fourth-order valence-electron chi connectivity index (χ4n) is 4.77. The minimum absolute atomic E-state index is 0.0214. The molecule has 3 heterocycles. The van der Waals surface area contributed by atoms with E-state index >= 15 is 0 Å². The summed E-state index contributed by atoms with van der Waals surface area (Å²) in [7, 11) is 1.95. The van der Waals surface area contributed by atoms with Crippen molar-refractivity contribution < 1.29 is 19.4 Å². The molecular formula is C29H29N3O4. The van der Waals surface area contributed by atoms with Crippen molar-refractivity contribution in [1.82, 2.24) is 4.98 Å². The predicted octanol–water partition coefficient (Wildman–Crippen LogP) is 4.88. The van der Waals surface area contributed by atoms with E-state index in [4.69, 9.17) is 4.74 Å². The van der Waals surface area contributed by atoms with E-state index in [-0.39, 0.29) is 11.3 Å². The summed E-state index contributed by atoms with van der Waals surface area (Å²) in [6.07, 6.45) is 4.75. The third kappa shape index (κ3) is 4.21. The fraction of sp³-hybridized carbons (Fsp3) is 0.276. The average Bonchev–Trinajstić information content (AvgIpc) is 3.18. The Balaban J connectivity index is 1.61. The van der Waals surface area contributed by atoms with Gasteiger partial charge in [-0.25, -0.2) is 0 Å². The lowest BCUT2D eigenvalue weighted by Crippen LogP contribution is -2.29. The number of rotatable bonds is 6. The molecule has 1 unspecified atom stereocenters. The smallest absolute Gasteiger partial charge is 0.300 e. The Bertz CT molecular complexity index is 1320. The van der Waals surface area contributed by atoms with Gasteiger partial charge in [-0.15, -0.1) is 0 Å². The summed E-state index contributed by atoms with van der Waals surface area (Å²) in [6.45, 7) is 3.44. The topological polar surface area (TPSA) is 83.0 Å². The third-order valence-corrected chi connectivity index (χ3v) is 6.77. The average molecular weight is 484 g/mol. The maximum atomic E-state index is 13.4. The zero-order valence-corrected chi connectivity index (χ0v) is 20.5. The molecule has 1 amide bonds. The zero-order chi connectivity index (χ0) is 25.2. The van der Waals surface area contributed by atoms with Crippen LogP contribution in [0.25, 0.3) is 5.76 Å². The second kappa shape index (κ2) is 9.85. The SMILES string of the molecule is CCCCc1ccc(N2C(=O)C(=O)/C(=C(\O)c3ccc4c(c3)N(C)CCO4)C2c2ccccn2)cc1. The number of Topliss-reactive ketones (excluding diaryl/α,β-unsaturated/α-hetero) is 1. The molecule has 3 aromatic rings. The second-order valence-corrected chi connectivity index (χ2v) is 9.15. The number of pyridine rings is 1. The molecule has 36 heavy (non-hydrogen) atoms. The number of hydrogen-bond donors (Lipinski definition) is 1. The number of nitrogens with zero attached hydrogens (tertiary/aromatic N) is 3. The fourth-order valence-corrected chi connectivity index (χ4v) is 4.77. The van der Waals surface area contributed by atoms with Crippen molar-refractivity contribution in [2.24, 2.45) is 0 Å². The molecule has 5 rings (SSSR count). The van der Waals surface area contributed by atoms with E-state index in [0.29, 0.717) is 35.8 Å². The van der Waals surface area contributed by atoms with Crippen molar-refractivity contribution in [3.8, 4) is 5.75 Å². The van der Waals surface area contributed by atoms with E-state index in [1.54, 1.807) is 36.5 Å². The highest BCUT2D eigenvalue weighted by Crippen LogP contribution is 2.42. The van der Waals surface area contributed by atoms with Gasteiger partial charge in [0.25, 0.3) is 11.7 Å². The Morgan fingerprint density at radius 2 is 1.92 bits per heavy atom. The van der Waals surface area contributed by atoms with Gasteiger partial charge in [0.15, 0.2) is 0 Å². The van der Waals surface area contributed by atoms with Crippen LogP contribution < -0.4 is 14.5 Å². The van der Waals surface area contributed by atoms with Gasteiger partial charge in [0, 0.05) is 24.5 Å². The Hall–Kier alpha value is -4.13. The molecule has 184 valence electrons. The van der Waals surface area contributed by atoms with Gasteiger partial charge in [0.05, 0.1) is 23.5 Å². The largest absolute Gasteiger partial charge is 0.507 e. The number of aliphatic hydroxyl groups excluding tert-OH is 1. The first-order chi connectivity index (χ1) is 17.5. The molecule has 2 aromatic carbocycles. The van der Waals surface area contributed by atoms with Crippen molar-refractivity contribution in [3.05, 3.63) is 89.3 Å². The highest BCUT2D eigenvalue weighted by molar-refractivity contribution is 6.51. The first-order valence-electron chi connectivity index (χ1n) is 12.3. The normalized spacial score (nSPS) is 18.8. The number of unbranched alkanes of at least 4 members (excludes halogenated alkanes) is 1. The van der Waals surface area contributed by atoms with Gasteiger partial charge in [-0.2, -0.15) is 0 Å². The van der Waals surface area contributed by atoms with Crippen molar-refractivity contribution in [2.75, 3.05) is 30.0 Å². The molecule has 0 aliphatic carbocycles. The number of aromatic nitrogens is 1. The lowest BCUT2D eigenvalue weighted by Gasteiger charge is -2.28. The van der Waals surface area contributed by atoms with Gasteiger partial charge >= 0.3 is 0 Å². The standard InChI is InChI=1S/C29H29N3O4/c1-3-4-7-19-9-12-21(13-10-19)32-26(22-8-5-6-15-30-22)25(28(34)29(32)35)27(33)20-11-14-24-23(18-20)31(2)16-17-36-24/h5-6,8-15,18,26,33H,3-4,7,16-17H2,1-2H3/b27-25-. The molecule has 7 heteroatoms. The Labute approximate surface area is 210 Å². The Kier molecular flexibility index (Phi) is 6.46. The maximum Gasteiger partial charge on any atom is 0.300 e. The number of ether oxygens (including phenoxy) is 1. The van der Waals surface area contributed by atoms with E-state index in [1.165, 1.54) is 10.5 Å². The number of ketones is 1. The lowest BCUT2D eigenvalue weighted by molar-refractivity contribution is -0.132. The van der Waals surface area contributed by atoms with Crippen molar-refractivity contribution >= 4 is 28.8 Å². The van der Waals surface area contributed by atoms with Gasteiger partial charge < -0.3 is 14.7 Å². The summed E-state index contributed by atoms with van der Waals surface area (Å²) in [6, 6.07) is 17.5. The quantitative estimate of drug-likeness (QED) is 0.306. The first kappa shape index (κ1) is 23.6. The monoisotopic (exact) mass is 483 g/mol. The summed E-state index contributed by atoms with van der Waals surface area (Å²) in [4.78, 5) is 34.7. The molecule has 2 aliphatic rings.